The van der Waals surface area contributed by atoms with E-state index in [1.807, 2.05) is 0 Å². The van der Waals surface area contributed by atoms with E-state index in [1.54, 1.807) is 0 Å². The molecule has 0 saturated carbocycles. The lowest BCUT2D eigenvalue weighted by atomic mass is 10.2. The SMILES string of the molecule is CN=C1NC(=O)C[C@@H](C(=O)Nc2ccc(F)c(Cl)c2)S1. The maximum Gasteiger partial charge on any atom is 0.238 e. The van der Waals surface area contributed by atoms with Crippen molar-refractivity contribution in [3.05, 3.63) is 29.0 Å². The van der Waals surface area contributed by atoms with E-state index < -0.39 is 11.1 Å². The molecule has 2 rings (SSSR count). The Kier molecular flexibility index (Phi) is 4.61. The highest BCUT2D eigenvalue weighted by Crippen LogP contribution is 2.24. The zero-order valence-electron chi connectivity index (χ0n) is 10.4. The average Bonchev–Trinajstić information content (AvgIpc) is 2.42. The molecule has 0 aliphatic carbocycles. The first-order valence-electron chi connectivity index (χ1n) is 5.69. The molecule has 8 heteroatoms. The van der Waals surface area contributed by atoms with Crippen LogP contribution in [-0.4, -0.2) is 29.3 Å². The Labute approximate surface area is 124 Å². The van der Waals surface area contributed by atoms with E-state index in [0.29, 0.717) is 10.9 Å². The molecule has 1 heterocycles. The molecule has 1 saturated heterocycles. The molecule has 0 radical (unpaired) electrons. The molecular weight excluding hydrogens is 305 g/mol. The summed E-state index contributed by atoms with van der Waals surface area (Å²) in [6.45, 7) is 0. The number of aliphatic imine (C=N–C) groups is 1. The molecule has 1 aliphatic heterocycles. The van der Waals surface area contributed by atoms with Crippen molar-refractivity contribution in [2.75, 3.05) is 12.4 Å². The van der Waals surface area contributed by atoms with Crippen LogP contribution in [-0.2, 0) is 9.59 Å². The monoisotopic (exact) mass is 315 g/mol. The van der Waals surface area contributed by atoms with Crippen molar-refractivity contribution in [3.8, 4) is 0 Å². The number of amides is 2. The van der Waals surface area contributed by atoms with Crippen molar-refractivity contribution in [2.24, 2.45) is 4.99 Å². The maximum atomic E-state index is 13.0. The summed E-state index contributed by atoms with van der Waals surface area (Å²) in [5.74, 6) is -1.17. The number of rotatable bonds is 2. The lowest BCUT2D eigenvalue weighted by Gasteiger charge is -2.21. The number of thioether (sulfide) groups is 1. The summed E-state index contributed by atoms with van der Waals surface area (Å²) in [6, 6.07) is 3.89. The second-order valence-electron chi connectivity index (χ2n) is 4.01. The minimum atomic E-state index is -0.578. The lowest BCUT2D eigenvalue weighted by molar-refractivity contribution is -0.123. The number of carbonyl (C=O) groups is 2. The lowest BCUT2D eigenvalue weighted by Crippen LogP contribution is -2.41. The maximum absolute atomic E-state index is 13.0. The molecule has 1 aromatic rings. The normalized spacial score (nSPS) is 20.6. The third kappa shape index (κ3) is 3.49. The van der Waals surface area contributed by atoms with Crippen LogP contribution < -0.4 is 10.6 Å². The van der Waals surface area contributed by atoms with Gasteiger partial charge in [-0.2, -0.15) is 0 Å². The topological polar surface area (TPSA) is 70.6 Å². The summed E-state index contributed by atoms with van der Waals surface area (Å²) in [4.78, 5) is 27.4. The summed E-state index contributed by atoms with van der Waals surface area (Å²) in [5, 5.41) is 4.90. The van der Waals surface area contributed by atoms with Crippen LogP contribution in [0.1, 0.15) is 6.42 Å². The molecule has 1 aliphatic rings. The van der Waals surface area contributed by atoms with Crippen molar-refractivity contribution >= 4 is 46.0 Å². The third-order valence-electron chi connectivity index (χ3n) is 2.55. The third-order valence-corrected chi connectivity index (χ3v) is 4.02. The number of hydrogen-bond acceptors (Lipinski definition) is 4. The summed E-state index contributed by atoms with van der Waals surface area (Å²) < 4.78 is 13.0. The molecule has 0 unspecified atom stereocenters. The number of nitrogens with zero attached hydrogens (tertiary/aromatic N) is 1. The Morgan fingerprint density at radius 2 is 2.35 bits per heavy atom. The van der Waals surface area contributed by atoms with Crippen LogP contribution in [0.4, 0.5) is 10.1 Å². The fourth-order valence-electron chi connectivity index (χ4n) is 1.60. The van der Waals surface area contributed by atoms with Crippen molar-refractivity contribution in [3.63, 3.8) is 0 Å². The first kappa shape index (κ1) is 14.8. The Morgan fingerprint density at radius 3 is 3.00 bits per heavy atom. The van der Waals surface area contributed by atoms with Gasteiger partial charge in [0.05, 0.1) is 5.02 Å². The Morgan fingerprint density at radius 1 is 1.60 bits per heavy atom. The zero-order valence-corrected chi connectivity index (χ0v) is 12.0. The molecule has 1 fully saturated rings. The highest BCUT2D eigenvalue weighted by molar-refractivity contribution is 8.15. The molecule has 1 atom stereocenters. The van der Waals surface area contributed by atoms with Crippen LogP contribution in [0.25, 0.3) is 0 Å². The minimum absolute atomic E-state index is 0.0600. The highest BCUT2D eigenvalue weighted by Gasteiger charge is 2.29. The van der Waals surface area contributed by atoms with Gasteiger partial charge >= 0.3 is 0 Å². The van der Waals surface area contributed by atoms with Crippen LogP contribution >= 0.6 is 23.4 Å². The summed E-state index contributed by atoms with van der Waals surface area (Å²) in [5.41, 5.74) is 0.378. The molecule has 106 valence electrons. The quantitative estimate of drug-likeness (QED) is 0.877. The van der Waals surface area contributed by atoms with Gasteiger partial charge in [-0.15, -0.1) is 0 Å². The number of amidine groups is 1. The molecule has 0 spiro atoms. The van der Waals surface area contributed by atoms with Crippen molar-refractivity contribution in [2.45, 2.75) is 11.7 Å². The van der Waals surface area contributed by atoms with Gasteiger partial charge in [-0.3, -0.25) is 14.6 Å². The van der Waals surface area contributed by atoms with Crippen LogP contribution in [0.15, 0.2) is 23.2 Å². The van der Waals surface area contributed by atoms with Crippen molar-refractivity contribution in [1.29, 1.82) is 0 Å². The number of benzene rings is 1. The average molecular weight is 316 g/mol. The Hall–Kier alpha value is -1.60. The van der Waals surface area contributed by atoms with E-state index in [2.05, 4.69) is 15.6 Å². The molecule has 0 aromatic heterocycles. The predicted octanol–water partition coefficient (Wildman–Crippen LogP) is 2.03. The second kappa shape index (κ2) is 6.23. The van der Waals surface area contributed by atoms with Crippen LogP contribution in [0.5, 0.6) is 0 Å². The summed E-state index contributed by atoms with van der Waals surface area (Å²) in [6.07, 6.45) is 0.0600. The first-order chi connectivity index (χ1) is 9.49. The number of hydrogen-bond donors (Lipinski definition) is 2. The van der Waals surface area contributed by atoms with Gasteiger partial charge in [-0.25, -0.2) is 4.39 Å². The van der Waals surface area contributed by atoms with E-state index in [0.717, 1.165) is 6.07 Å². The predicted molar refractivity (Wildman–Crippen MR) is 77.5 cm³/mol. The minimum Gasteiger partial charge on any atom is -0.325 e. The number of anilines is 1. The van der Waals surface area contributed by atoms with Gasteiger partial charge < -0.3 is 10.6 Å². The van der Waals surface area contributed by atoms with Crippen LogP contribution in [0, 0.1) is 5.82 Å². The van der Waals surface area contributed by atoms with Crippen LogP contribution in [0.2, 0.25) is 5.02 Å². The van der Waals surface area contributed by atoms with Gasteiger partial charge in [0.15, 0.2) is 5.17 Å². The van der Waals surface area contributed by atoms with Crippen molar-refractivity contribution in [1.82, 2.24) is 5.32 Å². The van der Waals surface area contributed by atoms with Gasteiger partial charge in [0.2, 0.25) is 11.8 Å². The van der Waals surface area contributed by atoms with Crippen molar-refractivity contribution < 1.29 is 14.0 Å². The van der Waals surface area contributed by atoms with Crippen LogP contribution in [0.3, 0.4) is 0 Å². The molecule has 1 aromatic carbocycles. The molecule has 20 heavy (non-hydrogen) atoms. The molecule has 2 amide bonds. The zero-order chi connectivity index (χ0) is 14.7. The molecule has 2 N–H and O–H groups in total. The van der Waals surface area contributed by atoms with E-state index >= 15 is 0 Å². The van der Waals surface area contributed by atoms with E-state index in [-0.39, 0.29) is 23.3 Å². The number of nitrogens with one attached hydrogen (secondary N) is 2. The van der Waals surface area contributed by atoms with Gasteiger partial charge in [0, 0.05) is 19.2 Å². The fourth-order valence-corrected chi connectivity index (χ4v) is 2.72. The van der Waals surface area contributed by atoms with E-state index in [9.17, 15) is 14.0 Å². The van der Waals surface area contributed by atoms with E-state index in [4.69, 9.17) is 11.6 Å². The van der Waals surface area contributed by atoms with Gasteiger partial charge in [0.1, 0.15) is 11.1 Å². The highest BCUT2D eigenvalue weighted by atomic mass is 35.5. The fraction of sp³-hybridized carbons (Fsp3) is 0.250. The Bertz CT molecular complexity index is 594. The Balaban J connectivity index is 2.07. The van der Waals surface area contributed by atoms with Gasteiger partial charge in [-0.05, 0) is 18.2 Å². The molecular formula is C12H11ClFN3O2S. The second-order valence-corrected chi connectivity index (χ2v) is 5.60. The largest absolute Gasteiger partial charge is 0.325 e. The first-order valence-corrected chi connectivity index (χ1v) is 6.94. The number of halogens is 2. The van der Waals surface area contributed by atoms with E-state index in [1.165, 1.54) is 30.9 Å². The smallest absolute Gasteiger partial charge is 0.238 e. The standard InChI is InChI=1S/C12H11ClFN3O2S/c1-15-12-17-10(18)5-9(20-12)11(19)16-6-2-3-8(14)7(13)4-6/h2-4,9H,5H2,1H3,(H,16,19)(H,15,17,18)/t9-/m0/s1. The summed E-state index contributed by atoms with van der Waals surface area (Å²) >= 11 is 6.81. The molecule has 5 nitrogen and oxygen atoms in total. The van der Waals surface area contributed by atoms with Gasteiger partial charge in [0.25, 0.3) is 0 Å². The molecule has 0 bridgehead atoms. The number of carbonyl (C=O) groups excluding carboxylic acids is 2. The van der Waals surface area contributed by atoms with Gasteiger partial charge in [-0.1, -0.05) is 23.4 Å². The summed E-state index contributed by atoms with van der Waals surface area (Å²) in [7, 11) is 1.53.